The first-order valence-electron chi connectivity index (χ1n) is 6.85. The number of amidine groups is 1. The number of hydrogen-bond acceptors (Lipinski definition) is 7. The molecule has 9 heteroatoms. The number of esters is 2. The van der Waals surface area contributed by atoms with Crippen LogP contribution in [0.2, 0.25) is 0 Å². The van der Waals surface area contributed by atoms with E-state index in [2.05, 4.69) is 4.74 Å². The average Bonchev–Trinajstić information content (AvgIpc) is 2.52. The zero-order valence-corrected chi connectivity index (χ0v) is 12.7. The third-order valence-electron chi connectivity index (χ3n) is 3.14. The third kappa shape index (κ3) is 5.19. The van der Waals surface area contributed by atoms with Crippen molar-refractivity contribution in [3.63, 3.8) is 0 Å². The van der Waals surface area contributed by atoms with Gasteiger partial charge in [-0.15, -0.1) is 0 Å². The molecule has 0 aliphatic carbocycles. The Kier molecular flexibility index (Phi) is 6.14. The van der Waals surface area contributed by atoms with E-state index in [9.17, 15) is 19.6 Å². The normalized spacial score (nSPS) is 12.5. The van der Waals surface area contributed by atoms with E-state index in [1.807, 2.05) is 0 Å². The Morgan fingerprint density at radius 1 is 1.12 bits per heavy atom. The van der Waals surface area contributed by atoms with Gasteiger partial charge in [-0.1, -0.05) is 24.3 Å². The summed E-state index contributed by atoms with van der Waals surface area (Å²) in [6, 6.07) is 7.70. The molecule has 0 saturated heterocycles. The second-order valence-electron chi connectivity index (χ2n) is 5.06. The number of primary amides is 1. The maximum Gasteiger partial charge on any atom is 0.316 e. The summed E-state index contributed by atoms with van der Waals surface area (Å²) in [5, 5.41) is 16.6. The minimum absolute atomic E-state index is 0.152. The molecule has 126 valence electrons. The van der Waals surface area contributed by atoms with Crippen molar-refractivity contribution in [1.82, 2.24) is 0 Å². The summed E-state index contributed by atoms with van der Waals surface area (Å²) in [5.41, 5.74) is 15.2. The molecule has 0 radical (unpaired) electrons. The molecule has 0 heterocycles. The Morgan fingerprint density at radius 3 is 2.17 bits per heavy atom. The highest BCUT2D eigenvalue weighted by molar-refractivity contribution is 5.95. The van der Waals surface area contributed by atoms with Crippen molar-refractivity contribution in [2.75, 3.05) is 0 Å². The molecule has 0 aliphatic rings. The molecule has 9 nitrogen and oxygen atoms in total. The lowest BCUT2D eigenvalue weighted by Gasteiger charge is -2.21. The summed E-state index contributed by atoms with van der Waals surface area (Å²) in [7, 11) is 0. The van der Waals surface area contributed by atoms with Gasteiger partial charge in [-0.25, -0.2) is 0 Å². The second kappa shape index (κ2) is 7.85. The number of ether oxygens (including phenoxy) is 1. The van der Waals surface area contributed by atoms with Crippen molar-refractivity contribution in [3.05, 3.63) is 35.4 Å². The standard InChI is InChI=1S/C15H17N5O4/c16-8-15(20,10-3-1-9(2-4-10)14(18)19)7-13(23)24-12(22)6-5-11(17)21/h1-4H,5-7,20H2,(H2,17,21)(H3,18,19). The zero-order valence-electron chi connectivity index (χ0n) is 12.7. The SMILES string of the molecule is N#CC(N)(CC(=O)OC(=O)CCC(N)=O)c1ccc(C(=N)N)cc1. The number of rotatable bonds is 7. The topological polar surface area (TPSA) is 186 Å². The lowest BCUT2D eigenvalue weighted by atomic mass is 9.88. The number of benzene rings is 1. The molecule has 7 N–H and O–H groups in total. The van der Waals surface area contributed by atoms with Crippen LogP contribution in [0.3, 0.4) is 0 Å². The van der Waals surface area contributed by atoms with Crippen LogP contribution in [-0.4, -0.2) is 23.7 Å². The van der Waals surface area contributed by atoms with Gasteiger partial charge in [0.15, 0.2) is 0 Å². The summed E-state index contributed by atoms with van der Waals surface area (Å²) in [6.45, 7) is 0. The first kappa shape index (κ1) is 18.8. The maximum absolute atomic E-state index is 11.8. The maximum atomic E-state index is 11.8. The van der Waals surface area contributed by atoms with Crippen LogP contribution in [0.5, 0.6) is 0 Å². The number of hydrogen-bond donors (Lipinski definition) is 4. The molecule has 1 aromatic rings. The van der Waals surface area contributed by atoms with Crippen molar-refractivity contribution in [3.8, 4) is 6.07 Å². The summed E-state index contributed by atoms with van der Waals surface area (Å²) >= 11 is 0. The summed E-state index contributed by atoms with van der Waals surface area (Å²) in [6.07, 6.45) is -1.14. The zero-order chi connectivity index (χ0) is 18.3. The summed E-state index contributed by atoms with van der Waals surface area (Å²) < 4.78 is 4.51. The van der Waals surface area contributed by atoms with Crippen molar-refractivity contribution < 1.29 is 19.1 Å². The van der Waals surface area contributed by atoms with Gasteiger partial charge in [0.1, 0.15) is 11.4 Å². The Balaban J connectivity index is 2.79. The minimum atomic E-state index is -1.71. The van der Waals surface area contributed by atoms with E-state index in [4.69, 9.17) is 22.6 Å². The lowest BCUT2D eigenvalue weighted by molar-refractivity contribution is -0.160. The van der Waals surface area contributed by atoms with E-state index in [1.54, 1.807) is 6.07 Å². The van der Waals surface area contributed by atoms with Gasteiger partial charge in [-0.05, 0) is 5.56 Å². The fourth-order valence-corrected chi connectivity index (χ4v) is 1.82. The number of nitrogens with one attached hydrogen (secondary N) is 1. The van der Waals surface area contributed by atoms with Gasteiger partial charge in [-0.2, -0.15) is 5.26 Å². The molecular formula is C15H17N5O4. The lowest BCUT2D eigenvalue weighted by Crippen LogP contribution is -2.38. The van der Waals surface area contributed by atoms with Crippen molar-refractivity contribution in [1.29, 1.82) is 10.7 Å². The van der Waals surface area contributed by atoms with E-state index < -0.39 is 29.8 Å². The molecule has 0 saturated carbocycles. The third-order valence-corrected chi connectivity index (χ3v) is 3.14. The van der Waals surface area contributed by atoms with Gasteiger partial charge >= 0.3 is 11.9 Å². The van der Waals surface area contributed by atoms with Crippen LogP contribution in [0.15, 0.2) is 24.3 Å². The van der Waals surface area contributed by atoms with Crippen LogP contribution < -0.4 is 17.2 Å². The van der Waals surface area contributed by atoms with Gasteiger partial charge in [0.05, 0.1) is 18.9 Å². The van der Waals surface area contributed by atoms with E-state index in [0.717, 1.165) is 0 Å². The van der Waals surface area contributed by atoms with Crippen LogP contribution in [0.4, 0.5) is 0 Å². The highest BCUT2D eigenvalue weighted by atomic mass is 16.6. The Hall–Kier alpha value is -3.25. The number of nitriles is 1. The molecule has 24 heavy (non-hydrogen) atoms. The highest BCUT2D eigenvalue weighted by Crippen LogP contribution is 2.22. The molecule has 1 atom stereocenters. The smallest absolute Gasteiger partial charge is 0.316 e. The van der Waals surface area contributed by atoms with Crippen molar-refractivity contribution >= 4 is 23.7 Å². The van der Waals surface area contributed by atoms with Crippen molar-refractivity contribution in [2.24, 2.45) is 17.2 Å². The predicted molar refractivity (Wildman–Crippen MR) is 83.1 cm³/mol. The molecule has 0 fully saturated rings. The first-order chi connectivity index (χ1) is 11.2. The monoisotopic (exact) mass is 331 g/mol. The Morgan fingerprint density at radius 2 is 1.71 bits per heavy atom. The van der Waals surface area contributed by atoms with E-state index in [1.165, 1.54) is 24.3 Å². The predicted octanol–water partition coefficient (Wildman–Crippen LogP) is -0.626. The Labute approximate surface area is 137 Å². The molecule has 0 aromatic heterocycles. The minimum Gasteiger partial charge on any atom is -0.393 e. The molecule has 1 amide bonds. The average molecular weight is 331 g/mol. The summed E-state index contributed by atoms with van der Waals surface area (Å²) in [4.78, 5) is 33.7. The molecule has 1 rings (SSSR count). The molecule has 0 spiro atoms. The number of nitrogen functional groups attached to an aromatic ring is 1. The van der Waals surface area contributed by atoms with Crippen LogP contribution in [0.1, 0.15) is 30.4 Å². The van der Waals surface area contributed by atoms with Crippen LogP contribution >= 0.6 is 0 Å². The van der Waals surface area contributed by atoms with Gasteiger partial charge in [0, 0.05) is 12.0 Å². The van der Waals surface area contributed by atoms with Gasteiger partial charge in [0.25, 0.3) is 0 Å². The highest BCUT2D eigenvalue weighted by Gasteiger charge is 2.32. The first-order valence-corrected chi connectivity index (χ1v) is 6.85. The van der Waals surface area contributed by atoms with Crippen LogP contribution in [0, 0.1) is 16.7 Å². The molecular weight excluding hydrogens is 314 g/mol. The fraction of sp³-hybridized carbons (Fsp3) is 0.267. The number of nitrogens with zero attached hydrogens (tertiary/aromatic N) is 1. The molecule has 0 aliphatic heterocycles. The number of nitrogens with two attached hydrogens (primary N) is 3. The van der Waals surface area contributed by atoms with Gasteiger partial charge in [-0.3, -0.25) is 19.8 Å². The molecule has 1 aromatic carbocycles. The largest absolute Gasteiger partial charge is 0.393 e. The van der Waals surface area contributed by atoms with Crippen LogP contribution in [-0.2, 0) is 24.7 Å². The van der Waals surface area contributed by atoms with Gasteiger partial charge < -0.3 is 21.9 Å². The van der Waals surface area contributed by atoms with E-state index >= 15 is 0 Å². The van der Waals surface area contributed by atoms with E-state index in [0.29, 0.717) is 11.1 Å². The van der Waals surface area contributed by atoms with Crippen LogP contribution in [0.25, 0.3) is 0 Å². The molecule has 0 bridgehead atoms. The Bertz CT molecular complexity index is 708. The number of carbonyl (C=O) groups is 3. The number of carbonyl (C=O) groups excluding carboxylic acids is 3. The van der Waals surface area contributed by atoms with E-state index in [-0.39, 0.29) is 18.7 Å². The summed E-state index contributed by atoms with van der Waals surface area (Å²) in [5.74, 6) is -2.77. The van der Waals surface area contributed by atoms with Crippen molar-refractivity contribution in [2.45, 2.75) is 24.8 Å². The second-order valence-corrected chi connectivity index (χ2v) is 5.06. The van der Waals surface area contributed by atoms with Gasteiger partial charge in [0.2, 0.25) is 5.91 Å². The molecule has 1 unspecified atom stereocenters. The number of amides is 1. The quantitative estimate of drug-likeness (QED) is 0.221. The fourth-order valence-electron chi connectivity index (χ4n) is 1.82.